The van der Waals surface area contributed by atoms with E-state index in [2.05, 4.69) is 4.74 Å². The van der Waals surface area contributed by atoms with Gasteiger partial charge in [0, 0.05) is 32.8 Å². The number of rotatable bonds is 2. The van der Waals surface area contributed by atoms with Gasteiger partial charge in [0.25, 0.3) is 0 Å². The molecule has 4 heteroatoms. The smallest absolute Gasteiger partial charge is 0.319 e. The molecule has 0 rings (SSSR count). The van der Waals surface area contributed by atoms with Crippen molar-refractivity contribution in [1.29, 1.82) is 0 Å². The van der Waals surface area contributed by atoms with Crippen LogP contribution in [0.4, 0.5) is 0 Å². The van der Waals surface area contributed by atoms with Gasteiger partial charge in [0.15, 0.2) is 0 Å². The van der Waals surface area contributed by atoms with Gasteiger partial charge < -0.3 is 4.74 Å². The van der Waals surface area contributed by atoms with Crippen LogP contribution in [-0.4, -0.2) is 37.8 Å². The van der Waals surface area contributed by atoms with Crippen LogP contribution in [0.1, 0.15) is 34.1 Å². The first kappa shape index (κ1) is 14.5. The molecule has 0 unspecified atom stereocenters. The van der Waals surface area contributed by atoms with Gasteiger partial charge in [-0.05, 0) is 20.3 Å². The summed E-state index contributed by atoms with van der Waals surface area (Å²) < 4.78 is 4.43. The second-order valence-electron chi connectivity index (χ2n) is 3.12. The monoisotopic (exact) mass is 273 g/mol. The van der Waals surface area contributed by atoms with E-state index in [1.54, 1.807) is 13.8 Å². The van der Waals surface area contributed by atoms with E-state index in [9.17, 15) is 9.59 Å². The van der Waals surface area contributed by atoms with Crippen LogP contribution >= 0.6 is 0 Å². The van der Waals surface area contributed by atoms with Gasteiger partial charge in [-0.15, -0.1) is 0 Å². The molecule has 0 aliphatic heterocycles. The molecule has 0 atom stereocenters. The van der Waals surface area contributed by atoms with Crippen molar-refractivity contribution in [2.75, 3.05) is 0 Å². The van der Waals surface area contributed by atoms with Crippen molar-refractivity contribution in [2.45, 2.75) is 34.1 Å². The second kappa shape index (κ2) is 5.62. The third-order valence-electron chi connectivity index (χ3n) is 1.67. The number of carbonyl (C=O) groups is 2. The van der Waals surface area contributed by atoms with E-state index in [0.29, 0.717) is 6.42 Å². The van der Waals surface area contributed by atoms with Crippen LogP contribution < -0.4 is 0 Å². The average molecular weight is 273 g/mol. The molecule has 0 aromatic rings. The van der Waals surface area contributed by atoms with E-state index < -0.39 is 17.4 Å². The van der Waals surface area contributed by atoms with Crippen LogP contribution in [0, 0.1) is 5.41 Å². The topological polar surface area (TPSA) is 43.4 Å². The summed E-state index contributed by atoms with van der Waals surface area (Å²) in [5, 5.41) is 0. The first-order chi connectivity index (χ1) is 4.90. The molecule has 0 aromatic carbocycles. The van der Waals surface area contributed by atoms with Gasteiger partial charge in [-0.3, -0.25) is 9.59 Å². The quantitative estimate of drug-likeness (QED) is 0.559. The molecule has 0 amide bonds. The molecule has 0 spiro atoms. The predicted octanol–water partition coefficient (Wildman–Crippen LogP) is 1.13. The van der Waals surface area contributed by atoms with Crippen LogP contribution in [-0.2, 0) is 14.3 Å². The van der Waals surface area contributed by atoms with E-state index in [4.69, 9.17) is 0 Å². The van der Waals surface area contributed by atoms with Gasteiger partial charge in [0.1, 0.15) is 0 Å². The molecule has 0 aromatic heterocycles. The molecule has 0 aliphatic carbocycles. The third kappa shape index (κ3) is 4.80. The molecule has 67 valence electrons. The zero-order valence-corrected chi connectivity index (χ0v) is 11.3. The first-order valence-electron chi connectivity index (χ1n) is 3.63. The average Bonchev–Trinajstić information content (AvgIpc) is 1.86. The van der Waals surface area contributed by atoms with E-state index in [-0.39, 0.29) is 25.8 Å². The molecule has 0 saturated heterocycles. The summed E-state index contributed by atoms with van der Waals surface area (Å²) in [6.07, 6.45) is 0.666. The Balaban J connectivity index is 0. The van der Waals surface area contributed by atoms with Crippen LogP contribution in [0.5, 0.6) is 0 Å². The summed E-state index contributed by atoms with van der Waals surface area (Å²) in [6, 6.07) is 0. The SMILES string of the molecule is CCC(C)(C)C(=O)OC(C)=O.[In]. The number of hydrogen-bond donors (Lipinski definition) is 0. The zero-order valence-electron chi connectivity index (χ0n) is 8.01. The van der Waals surface area contributed by atoms with E-state index >= 15 is 0 Å². The van der Waals surface area contributed by atoms with Gasteiger partial charge in [-0.1, -0.05) is 6.92 Å². The minimum atomic E-state index is -0.550. The van der Waals surface area contributed by atoms with Gasteiger partial charge >= 0.3 is 11.9 Å². The second-order valence-corrected chi connectivity index (χ2v) is 3.12. The maximum atomic E-state index is 11.1. The number of carbonyl (C=O) groups excluding carboxylic acids is 2. The summed E-state index contributed by atoms with van der Waals surface area (Å²) in [5.41, 5.74) is -0.550. The van der Waals surface area contributed by atoms with Crippen molar-refractivity contribution in [3.05, 3.63) is 0 Å². The molecule has 0 bridgehead atoms. The Labute approximate surface area is 91.6 Å². The van der Waals surface area contributed by atoms with Crippen LogP contribution in [0.3, 0.4) is 0 Å². The maximum absolute atomic E-state index is 11.1. The fourth-order valence-electron chi connectivity index (χ4n) is 0.413. The van der Waals surface area contributed by atoms with Gasteiger partial charge in [0.05, 0.1) is 5.41 Å². The molecule has 0 heterocycles. The number of esters is 2. The Bertz CT molecular complexity index is 175. The molecule has 12 heavy (non-hydrogen) atoms. The molecule has 0 fully saturated rings. The fraction of sp³-hybridized carbons (Fsp3) is 0.750. The Morgan fingerprint density at radius 1 is 1.33 bits per heavy atom. The Morgan fingerprint density at radius 2 is 1.75 bits per heavy atom. The molecule has 3 radical (unpaired) electrons. The van der Waals surface area contributed by atoms with Crippen molar-refractivity contribution in [3.63, 3.8) is 0 Å². The number of ether oxygens (including phenoxy) is 1. The van der Waals surface area contributed by atoms with Crippen molar-refractivity contribution in [1.82, 2.24) is 0 Å². The fourth-order valence-corrected chi connectivity index (χ4v) is 0.413. The van der Waals surface area contributed by atoms with E-state index in [0.717, 1.165) is 0 Å². The Morgan fingerprint density at radius 3 is 2.00 bits per heavy atom. The Kier molecular flexibility index (Phi) is 6.81. The van der Waals surface area contributed by atoms with Gasteiger partial charge in [0.2, 0.25) is 0 Å². The Hall–Kier alpha value is 0.0101. The molecular formula is C8H14InO3. The van der Waals surface area contributed by atoms with E-state index in [1.807, 2.05) is 6.92 Å². The molecule has 0 saturated carbocycles. The van der Waals surface area contributed by atoms with Crippen molar-refractivity contribution in [2.24, 2.45) is 5.41 Å². The van der Waals surface area contributed by atoms with Crippen LogP contribution in [0.15, 0.2) is 0 Å². The standard InChI is InChI=1S/C8H14O3.In/c1-5-8(3,4)7(10)11-6(2)9;/h5H2,1-4H3;. The van der Waals surface area contributed by atoms with Crippen LogP contribution in [0.25, 0.3) is 0 Å². The molecule has 3 nitrogen and oxygen atoms in total. The summed E-state index contributed by atoms with van der Waals surface area (Å²) >= 11 is 0. The van der Waals surface area contributed by atoms with Crippen LogP contribution in [0.2, 0.25) is 0 Å². The molecular weight excluding hydrogens is 259 g/mol. The molecule has 0 N–H and O–H groups in total. The predicted molar refractivity (Wildman–Crippen MR) is 46.6 cm³/mol. The number of hydrogen-bond acceptors (Lipinski definition) is 3. The normalized spacial score (nSPS) is 10.0. The maximum Gasteiger partial charge on any atom is 0.319 e. The van der Waals surface area contributed by atoms with Gasteiger partial charge in [-0.25, -0.2) is 0 Å². The van der Waals surface area contributed by atoms with Gasteiger partial charge in [-0.2, -0.15) is 0 Å². The van der Waals surface area contributed by atoms with Crippen molar-refractivity contribution < 1.29 is 14.3 Å². The summed E-state index contributed by atoms with van der Waals surface area (Å²) in [7, 11) is 0. The minimum absolute atomic E-state index is 0. The summed E-state index contributed by atoms with van der Waals surface area (Å²) in [5.74, 6) is -0.996. The largest absolute Gasteiger partial charge is 0.393 e. The first-order valence-corrected chi connectivity index (χ1v) is 3.63. The summed E-state index contributed by atoms with van der Waals surface area (Å²) in [6.45, 7) is 6.60. The van der Waals surface area contributed by atoms with Crippen molar-refractivity contribution >= 4 is 37.8 Å². The van der Waals surface area contributed by atoms with Crippen molar-refractivity contribution in [3.8, 4) is 0 Å². The minimum Gasteiger partial charge on any atom is -0.393 e. The summed E-state index contributed by atoms with van der Waals surface area (Å²) in [4.78, 5) is 21.4. The molecule has 0 aliphatic rings. The third-order valence-corrected chi connectivity index (χ3v) is 1.67. The van der Waals surface area contributed by atoms with E-state index in [1.165, 1.54) is 6.92 Å². The zero-order chi connectivity index (χ0) is 9.07.